The van der Waals surface area contributed by atoms with Gasteiger partial charge in [0.2, 0.25) is 5.75 Å². The molecule has 3 heterocycles. The third-order valence-electron chi connectivity index (χ3n) is 6.95. The summed E-state index contributed by atoms with van der Waals surface area (Å²) in [7, 11) is 4.66. The third-order valence-corrected chi connectivity index (χ3v) is 8.17. The first-order chi connectivity index (χ1) is 15.4. The van der Waals surface area contributed by atoms with Gasteiger partial charge in [-0.05, 0) is 37.5 Å². The molecule has 32 heavy (non-hydrogen) atoms. The second-order valence-corrected chi connectivity index (χ2v) is 9.83. The molecule has 8 heteroatoms. The number of piperidine rings is 1. The quantitative estimate of drug-likeness (QED) is 0.648. The molecule has 1 saturated heterocycles. The molecule has 0 unspecified atom stereocenters. The fourth-order valence-corrected chi connectivity index (χ4v) is 6.76. The van der Waals surface area contributed by atoms with Crippen molar-refractivity contribution in [2.45, 2.75) is 18.8 Å². The Morgan fingerprint density at radius 3 is 2.66 bits per heavy atom. The van der Waals surface area contributed by atoms with E-state index < -0.39 is 0 Å². The molecular formula is C24H22N2O5S. The number of allylic oxidation sites excluding steroid dienone is 2. The van der Waals surface area contributed by atoms with Gasteiger partial charge in [0.05, 0.1) is 32.3 Å². The number of aromatic nitrogens is 1. The van der Waals surface area contributed by atoms with Crippen molar-refractivity contribution < 1.29 is 23.8 Å². The van der Waals surface area contributed by atoms with E-state index in [1.807, 2.05) is 19.1 Å². The number of carbonyl (C=O) groups excluding carboxylic acids is 2. The number of ether oxygens (including phenoxy) is 3. The van der Waals surface area contributed by atoms with E-state index in [0.717, 1.165) is 32.8 Å². The molecule has 6 rings (SSSR count). The maximum atomic E-state index is 13.6. The summed E-state index contributed by atoms with van der Waals surface area (Å²) in [5, 5.41) is 0.784. The van der Waals surface area contributed by atoms with Gasteiger partial charge in [-0.15, -0.1) is 11.3 Å². The molecule has 2 fully saturated rings. The smallest absolute Gasteiger partial charge is 0.274 e. The van der Waals surface area contributed by atoms with Crippen molar-refractivity contribution in [3.63, 3.8) is 0 Å². The Bertz CT molecular complexity index is 1370. The second kappa shape index (κ2) is 6.38. The highest BCUT2D eigenvalue weighted by atomic mass is 32.1. The predicted octanol–water partition coefficient (Wildman–Crippen LogP) is 4.06. The SMILES string of the molecule is COc1cc2cc(C(=O)N3C[C@H]4C[C@@]45C3=CC(=O)c3cc(C)sc35)[nH]c2c(OC)c1OC. The monoisotopic (exact) mass is 450 g/mol. The van der Waals surface area contributed by atoms with E-state index in [-0.39, 0.29) is 17.1 Å². The molecule has 3 aromatic rings. The number of hydrogen-bond acceptors (Lipinski definition) is 6. The van der Waals surface area contributed by atoms with Crippen molar-refractivity contribution in [3.8, 4) is 17.2 Å². The van der Waals surface area contributed by atoms with Crippen LogP contribution in [-0.4, -0.2) is 49.4 Å². The van der Waals surface area contributed by atoms with Gasteiger partial charge in [-0.25, -0.2) is 0 Å². The Kier molecular flexibility index (Phi) is 3.88. The van der Waals surface area contributed by atoms with Gasteiger partial charge >= 0.3 is 0 Å². The summed E-state index contributed by atoms with van der Waals surface area (Å²) in [5.74, 6) is 1.67. The summed E-state index contributed by atoms with van der Waals surface area (Å²) >= 11 is 1.69. The lowest BCUT2D eigenvalue weighted by atomic mass is 9.88. The molecule has 2 aromatic heterocycles. The van der Waals surface area contributed by atoms with Crippen molar-refractivity contribution in [2.24, 2.45) is 5.92 Å². The fourth-order valence-electron chi connectivity index (χ4n) is 5.45. The molecular weight excluding hydrogens is 428 g/mol. The Morgan fingerprint density at radius 2 is 1.94 bits per heavy atom. The zero-order valence-corrected chi connectivity index (χ0v) is 19.0. The Labute approximate surface area is 188 Å². The molecule has 2 atom stereocenters. The highest BCUT2D eigenvalue weighted by molar-refractivity contribution is 7.12. The van der Waals surface area contributed by atoms with Crippen molar-refractivity contribution in [2.75, 3.05) is 27.9 Å². The fraction of sp³-hybridized carbons (Fsp3) is 0.333. The highest BCUT2D eigenvalue weighted by Gasteiger charge is 2.68. The standard InChI is InChI=1S/C24H22N2O5S/c1-11-5-14-16(27)8-18-24(22(14)32-11)9-13(24)10-26(18)23(28)15-6-12-7-17(29-2)20(30-3)21(31-4)19(12)25-15/h5-8,13,25H,9-10H2,1-4H3/t13-,24+/m1/s1. The van der Waals surface area contributed by atoms with E-state index in [1.165, 1.54) is 0 Å². The minimum Gasteiger partial charge on any atom is -0.493 e. The predicted molar refractivity (Wildman–Crippen MR) is 120 cm³/mol. The van der Waals surface area contributed by atoms with Gasteiger partial charge in [0.1, 0.15) is 5.69 Å². The number of aryl methyl sites for hydroxylation is 1. The number of nitrogens with one attached hydrogen (secondary N) is 1. The van der Waals surface area contributed by atoms with Crippen LogP contribution in [0.2, 0.25) is 0 Å². The maximum Gasteiger partial charge on any atom is 0.274 e. The topological polar surface area (TPSA) is 80.9 Å². The molecule has 0 radical (unpaired) electrons. The van der Waals surface area contributed by atoms with Crippen molar-refractivity contribution in [1.82, 2.24) is 9.88 Å². The lowest BCUT2D eigenvalue weighted by Gasteiger charge is -2.27. The average Bonchev–Trinajstić information content (AvgIpc) is 3.09. The Balaban J connectivity index is 1.42. The van der Waals surface area contributed by atoms with Crippen LogP contribution < -0.4 is 14.2 Å². The largest absolute Gasteiger partial charge is 0.493 e. The molecule has 1 aromatic carbocycles. The van der Waals surface area contributed by atoms with Crippen molar-refractivity contribution in [1.29, 1.82) is 0 Å². The minimum absolute atomic E-state index is 0.0110. The number of aromatic amines is 1. The Hall–Kier alpha value is -3.26. The first-order valence-corrected chi connectivity index (χ1v) is 11.3. The number of benzene rings is 1. The lowest BCUT2D eigenvalue weighted by Crippen LogP contribution is -2.33. The summed E-state index contributed by atoms with van der Waals surface area (Å²) < 4.78 is 16.5. The molecule has 2 aliphatic carbocycles. The van der Waals surface area contributed by atoms with Crippen LogP contribution in [0.1, 0.15) is 37.0 Å². The van der Waals surface area contributed by atoms with Crippen LogP contribution in [0.5, 0.6) is 17.2 Å². The number of hydrogen-bond donors (Lipinski definition) is 1. The highest BCUT2D eigenvalue weighted by Crippen LogP contribution is 2.68. The summed E-state index contributed by atoms with van der Waals surface area (Å²) in [6.07, 6.45) is 2.67. The normalized spacial score (nSPS) is 22.9. The number of carbonyl (C=O) groups is 2. The number of nitrogens with zero attached hydrogens (tertiary/aromatic N) is 1. The number of ketones is 1. The second-order valence-electron chi connectivity index (χ2n) is 8.57. The van der Waals surface area contributed by atoms with Crippen LogP contribution in [0.3, 0.4) is 0 Å². The van der Waals surface area contributed by atoms with E-state index in [9.17, 15) is 9.59 Å². The van der Waals surface area contributed by atoms with E-state index in [1.54, 1.807) is 49.7 Å². The van der Waals surface area contributed by atoms with Gasteiger partial charge in [-0.1, -0.05) is 0 Å². The summed E-state index contributed by atoms with van der Waals surface area (Å²) in [4.78, 5) is 33.7. The van der Waals surface area contributed by atoms with Gasteiger partial charge in [-0.3, -0.25) is 9.59 Å². The van der Waals surface area contributed by atoms with Crippen LogP contribution >= 0.6 is 11.3 Å². The lowest BCUT2D eigenvalue weighted by molar-refractivity contribution is 0.0806. The van der Waals surface area contributed by atoms with Crippen LogP contribution in [0, 0.1) is 12.8 Å². The minimum atomic E-state index is -0.173. The summed E-state index contributed by atoms with van der Waals surface area (Å²) in [6.45, 7) is 2.65. The van der Waals surface area contributed by atoms with Crippen LogP contribution in [-0.2, 0) is 5.41 Å². The van der Waals surface area contributed by atoms with Gasteiger partial charge in [-0.2, -0.15) is 0 Å². The molecule has 1 N–H and O–H groups in total. The summed E-state index contributed by atoms with van der Waals surface area (Å²) in [5.41, 5.74) is 2.58. The first-order valence-electron chi connectivity index (χ1n) is 10.4. The number of methoxy groups -OCH3 is 3. The Morgan fingerprint density at radius 1 is 1.16 bits per heavy atom. The molecule has 164 valence electrons. The number of likely N-dealkylation sites (tertiary alicyclic amines) is 1. The van der Waals surface area contributed by atoms with Gasteiger partial charge < -0.3 is 24.1 Å². The summed E-state index contributed by atoms with van der Waals surface area (Å²) in [6, 6.07) is 5.59. The molecule has 0 bridgehead atoms. The zero-order valence-electron chi connectivity index (χ0n) is 18.2. The van der Waals surface area contributed by atoms with E-state index in [0.29, 0.717) is 40.9 Å². The molecule has 1 amide bonds. The van der Waals surface area contributed by atoms with Gasteiger partial charge in [0.25, 0.3) is 5.91 Å². The average molecular weight is 451 g/mol. The third kappa shape index (κ3) is 2.30. The zero-order chi connectivity index (χ0) is 22.4. The van der Waals surface area contributed by atoms with Gasteiger partial charge in [0, 0.05) is 39.0 Å². The maximum absolute atomic E-state index is 13.6. The molecule has 7 nitrogen and oxygen atoms in total. The number of thiophene rings is 1. The molecule has 1 saturated carbocycles. The molecule has 3 aliphatic rings. The van der Waals surface area contributed by atoms with Crippen LogP contribution in [0.4, 0.5) is 0 Å². The first kappa shape index (κ1) is 19.4. The van der Waals surface area contributed by atoms with E-state index >= 15 is 0 Å². The van der Waals surface area contributed by atoms with Gasteiger partial charge in [0.15, 0.2) is 17.3 Å². The molecule has 1 spiro atoms. The molecule has 1 aliphatic heterocycles. The number of rotatable bonds is 4. The van der Waals surface area contributed by atoms with E-state index in [2.05, 4.69) is 4.98 Å². The number of amides is 1. The van der Waals surface area contributed by atoms with Crippen molar-refractivity contribution in [3.05, 3.63) is 51.0 Å². The van der Waals surface area contributed by atoms with Crippen LogP contribution in [0.15, 0.2) is 30.0 Å². The number of H-pyrrole nitrogens is 1. The van der Waals surface area contributed by atoms with E-state index in [4.69, 9.17) is 14.2 Å². The number of fused-ring (bicyclic) bond motifs is 2. The van der Waals surface area contributed by atoms with Crippen molar-refractivity contribution >= 4 is 33.9 Å². The van der Waals surface area contributed by atoms with Crippen LogP contribution in [0.25, 0.3) is 10.9 Å².